The Kier molecular flexibility index (Phi) is 5.68. The topological polar surface area (TPSA) is 46.3 Å². The zero-order chi connectivity index (χ0) is 16.8. The molecule has 0 saturated heterocycles. The number of hydrogen-bond donors (Lipinski definition) is 0. The Labute approximate surface area is 135 Å². The number of nitrogens with zero attached hydrogens (tertiary/aromatic N) is 2. The van der Waals surface area contributed by atoms with E-state index < -0.39 is 0 Å². The Morgan fingerprint density at radius 2 is 2.13 bits per heavy atom. The molecule has 0 spiro atoms. The van der Waals surface area contributed by atoms with Crippen LogP contribution in [-0.4, -0.2) is 28.9 Å². The van der Waals surface area contributed by atoms with E-state index in [4.69, 9.17) is 4.42 Å². The minimum atomic E-state index is -0.357. The van der Waals surface area contributed by atoms with Crippen LogP contribution in [0.15, 0.2) is 47.0 Å². The van der Waals surface area contributed by atoms with Gasteiger partial charge in [0, 0.05) is 25.9 Å². The minimum Gasteiger partial charge on any atom is -0.441 e. The lowest BCUT2D eigenvalue weighted by atomic mass is 10.2. The van der Waals surface area contributed by atoms with Gasteiger partial charge in [-0.2, -0.15) is 0 Å². The summed E-state index contributed by atoms with van der Waals surface area (Å²) >= 11 is 0. The number of likely N-dealkylation sites (N-methyl/N-ethyl adjacent to an activating group) is 1. The van der Waals surface area contributed by atoms with Crippen LogP contribution in [0.4, 0.5) is 4.39 Å². The summed E-state index contributed by atoms with van der Waals surface area (Å²) in [6, 6.07) is 6.37. The molecule has 4 nitrogen and oxygen atoms in total. The van der Waals surface area contributed by atoms with Crippen molar-refractivity contribution >= 4 is 5.91 Å². The second-order valence-electron chi connectivity index (χ2n) is 5.46. The molecule has 23 heavy (non-hydrogen) atoms. The molecule has 0 unspecified atom stereocenters. The molecule has 122 valence electrons. The smallest absolute Gasteiger partial charge is 0.223 e. The number of carbonyl (C=O) groups is 1. The summed E-state index contributed by atoms with van der Waals surface area (Å²) in [6.07, 6.45) is 2.18. The van der Waals surface area contributed by atoms with E-state index in [-0.39, 0.29) is 11.7 Å². The van der Waals surface area contributed by atoms with Gasteiger partial charge in [-0.3, -0.25) is 4.79 Å². The fraction of sp³-hybridized carbons (Fsp3) is 0.333. The molecule has 0 aliphatic heterocycles. The van der Waals surface area contributed by atoms with Gasteiger partial charge in [0.15, 0.2) is 11.7 Å². The number of aryl methyl sites for hydroxylation is 1. The summed E-state index contributed by atoms with van der Waals surface area (Å²) in [6.45, 7) is 8.85. The van der Waals surface area contributed by atoms with Crippen molar-refractivity contribution in [1.29, 1.82) is 0 Å². The summed E-state index contributed by atoms with van der Waals surface area (Å²) in [7, 11) is 0. The second kappa shape index (κ2) is 7.72. The Balaban J connectivity index is 1.98. The normalized spacial score (nSPS) is 10.6. The second-order valence-corrected chi connectivity index (χ2v) is 5.46. The van der Waals surface area contributed by atoms with Crippen LogP contribution >= 0.6 is 0 Å². The molecule has 1 heterocycles. The van der Waals surface area contributed by atoms with Crippen molar-refractivity contribution < 1.29 is 13.6 Å². The van der Waals surface area contributed by atoms with E-state index >= 15 is 0 Å². The monoisotopic (exact) mass is 316 g/mol. The lowest BCUT2D eigenvalue weighted by molar-refractivity contribution is -0.130. The number of benzene rings is 1. The highest BCUT2D eigenvalue weighted by Gasteiger charge is 2.15. The molecule has 1 amide bonds. The third kappa shape index (κ3) is 4.52. The molecule has 0 bridgehead atoms. The highest BCUT2D eigenvalue weighted by molar-refractivity contribution is 5.76. The van der Waals surface area contributed by atoms with Gasteiger partial charge in [-0.25, -0.2) is 9.37 Å². The lowest BCUT2D eigenvalue weighted by Crippen LogP contribution is -2.32. The van der Waals surface area contributed by atoms with E-state index in [9.17, 15) is 9.18 Å². The highest BCUT2D eigenvalue weighted by atomic mass is 19.1. The fourth-order valence-corrected chi connectivity index (χ4v) is 2.29. The van der Waals surface area contributed by atoms with E-state index in [1.165, 1.54) is 12.3 Å². The summed E-state index contributed by atoms with van der Waals surface area (Å²) in [5.41, 5.74) is 1.31. The van der Waals surface area contributed by atoms with Crippen LogP contribution in [0.1, 0.15) is 26.2 Å². The van der Waals surface area contributed by atoms with Crippen molar-refractivity contribution in [3.63, 3.8) is 0 Å². The Morgan fingerprint density at radius 3 is 2.78 bits per heavy atom. The first-order valence-corrected chi connectivity index (χ1v) is 7.63. The van der Waals surface area contributed by atoms with Gasteiger partial charge in [0.25, 0.3) is 0 Å². The first-order chi connectivity index (χ1) is 11.0. The van der Waals surface area contributed by atoms with Crippen LogP contribution in [0.25, 0.3) is 11.3 Å². The minimum absolute atomic E-state index is 0.0288. The zero-order valence-electron chi connectivity index (χ0n) is 13.5. The van der Waals surface area contributed by atoms with Gasteiger partial charge in [0.05, 0.1) is 11.8 Å². The molecule has 0 aliphatic rings. The Hall–Kier alpha value is -2.43. The SMILES string of the molecule is C=C(C)CN(CC)C(=O)CCc1ncc(-c2ccccc2F)o1. The zero-order valence-corrected chi connectivity index (χ0v) is 13.5. The lowest BCUT2D eigenvalue weighted by Gasteiger charge is -2.20. The van der Waals surface area contributed by atoms with Crippen LogP contribution in [-0.2, 0) is 11.2 Å². The Morgan fingerprint density at radius 1 is 1.39 bits per heavy atom. The van der Waals surface area contributed by atoms with Crippen LogP contribution in [0, 0.1) is 5.82 Å². The van der Waals surface area contributed by atoms with Gasteiger partial charge >= 0.3 is 0 Å². The molecule has 0 atom stereocenters. The first-order valence-electron chi connectivity index (χ1n) is 7.63. The van der Waals surface area contributed by atoms with Crippen molar-refractivity contribution in [3.05, 3.63) is 54.3 Å². The number of rotatable bonds is 7. The summed E-state index contributed by atoms with van der Waals surface area (Å²) in [5.74, 6) is 0.480. The third-order valence-corrected chi connectivity index (χ3v) is 3.44. The van der Waals surface area contributed by atoms with Crippen LogP contribution in [0.3, 0.4) is 0 Å². The van der Waals surface area contributed by atoms with Crippen molar-refractivity contribution in [2.75, 3.05) is 13.1 Å². The average molecular weight is 316 g/mol. The molecular weight excluding hydrogens is 295 g/mol. The number of hydrogen-bond acceptors (Lipinski definition) is 3. The molecule has 0 N–H and O–H groups in total. The summed E-state index contributed by atoms with van der Waals surface area (Å²) in [5, 5.41) is 0. The van der Waals surface area contributed by atoms with Gasteiger partial charge in [0.2, 0.25) is 5.91 Å². The molecule has 2 rings (SSSR count). The maximum absolute atomic E-state index is 13.7. The molecule has 0 saturated carbocycles. The number of halogens is 1. The van der Waals surface area contributed by atoms with E-state index in [0.717, 1.165) is 5.57 Å². The molecule has 2 aromatic rings. The first kappa shape index (κ1) is 16.9. The standard InChI is InChI=1S/C18H21FN2O2/c1-4-21(12-13(2)3)18(22)10-9-17-20-11-16(23-17)14-7-5-6-8-15(14)19/h5-8,11H,2,4,9-10,12H2,1,3H3. The molecular formula is C18H21FN2O2. The van der Waals surface area contributed by atoms with Crippen molar-refractivity contribution in [2.45, 2.75) is 26.7 Å². The van der Waals surface area contributed by atoms with E-state index in [1.54, 1.807) is 23.1 Å². The highest BCUT2D eigenvalue weighted by Crippen LogP contribution is 2.23. The largest absolute Gasteiger partial charge is 0.441 e. The number of amides is 1. The van der Waals surface area contributed by atoms with Crippen LogP contribution < -0.4 is 0 Å². The molecule has 5 heteroatoms. The van der Waals surface area contributed by atoms with Gasteiger partial charge in [-0.1, -0.05) is 24.3 Å². The van der Waals surface area contributed by atoms with Crippen LogP contribution in [0.2, 0.25) is 0 Å². The molecule has 0 aliphatic carbocycles. The maximum atomic E-state index is 13.7. The number of carbonyl (C=O) groups excluding carboxylic acids is 1. The Bertz CT molecular complexity index is 694. The third-order valence-electron chi connectivity index (χ3n) is 3.44. The van der Waals surface area contributed by atoms with E-state index in [2.05, 4.69) is 11.6 Å². The van der Waals surface area contributed by atoms with Crippen molar-refractivity contribution in [2.24, 2.45) is 0 Å². The predicted molar refractivity (Wildman–Crippen MR) is 87.3 cm³/mol. The molecule has 0 fully saturated rings. The maximum Gasteiger partial charge on any atom is 0.223 e. The summed E-state index contributed by atoms with van der Waals surface area (Å²) in [4.78, 5) is 18.0. The van der Waals surface area contributed by atoms with Gasteiger partial charge in [-0.05, 0) is 26.0 Å². The summed E-state index contributed by atoms with van der Waals surface area (Å²) < 4.78 is 19.3. The molecule has 1 aromatic carbocycles. The van der Waals surface area contributed by atoms with E-state index in [1.807, 2.05) is 13.8 Å². The van der Waals surface area contributed by atoms with Gasteiger partial charge < -0.3 is 9.32 Å². The average Bonchev–Trinajstić information content (AvgIpc) is 2.99. The van der Waals surface area contributed by atoms with Gasteiger partial charge in [0.1, 0.15) is 5.82 Å². The number of aromatic nitrogens is 1. The molecule has 1 aromatic heterocycles. The molecule has 0 radical (unpaired) electrons. The fourth-order valence-electron chi connectivity index (χ4n) is 2.29. The van der Waals surface area contributed by atoms with Crippen molar-refractivity contribution in [1.82, 2.24) is 9.88 Å². The van der Waals surface area contributed by atoms with Crippen LogP contribution in [0.5, 0.6) is 0 Å². The van der Waals surface area contributed by atoms with Gasteiger partial charge in [-0.15, -0.1) is 0 Å². The van der Waals surface area contributed by atoms with Crippen molar-refractivity contribution in [3.8, 4) is 11.3 Å². The quantitative estimate of drug-likeness (QED) is 0.729. The van der Waals surface area contributed by atoms with E-state index in [0.29, 0.717) is 43.1 Å². The predicted octanol–water partition coefficient (Wildman–Crippen LogP) is 3.84. The number of oxazole rings is 1.